The van der Waals surface area contributed by atoms with Crippen LogP contribution >= 0.6 is 0 Å². The number of hydrogen-bond acceptors (Lipinski definition) is 5. The van der Waals surface area contributed by atoms with Crippen LogP contribution in [0, 0.1) is 6.92 Å². The summed E-state index contributed by atoms with van der Waals surface area (Å²) < 4.78 is 24.9. The molecular weight excluding hydrogens is 304 g/mol. The fourth-order valence-corrected chi connectivity index (χ4v) is 4.99. The third-order valence-electron chi connectivity index (χ3n) is 4.79. The Hall–Kier alpha value is -1.41. The molecule has 7 nitrogen and oxygen atoms in total. The number of nitrogens with zero attached hydrogens (tertiary/aromatic N) is 4. The van der Waals surface area contributed by atoms with Crippen LogP contribution in [0.25, 0.3) is 0 Å². The Morgan fingerprint density at radius 2 is 1.95 bits per heavy atom. The predicted octanol–water partition coefficient (Wildman–Crippen LogP) is -0.327. The van der Waals surface area contributed by atoms with Crippen LogP contribution in [0.3, 0.4) is 0 Å². The second-order valence-corrected chi connectivity index (χ2v) is 8.38. The largest absolute Gasteiger partial charge is 0.336 e. The molecule has 1 aromatic rings. The number of aromatic nitrogens is 2. The molecule has 1 amide bonds. The van der Waals surface area contributed by atoms with E-state index in [1.807, 2.05) is 18.9 Å². The van der Waals surface area contributed by atoms with Crippen LogP contribution in [0.15, 0.2) is 6.20 Å². The van der Waals surface area contributed by atoms with E-state index in [2.05, 4.69) is 10.00 Å². The highest BCUT2D eigenvalue weighted by atomic mass is 32.2. The first-order valence-corrected chi connectivity index (χ1v) is 9.42. The molecule has 122 valence electrons. The van der Waals surface area contributed by atoms with E-state index >= 15 is 0 Å². The van der Waals surface area contributed by atoms with E-state index in [1.165, 1.54) is 0 Å². The fraction of sp³-hybridized carbons (Fsp3) is 0.714. The predicted molar refractivity (Wildman–Crippen MR) is 82.5 cm³/mol. The first kappa shape index (κ1) is 15.5. The van der Waals surface area contributed by atoms with Gasteiger partial charge in [0.05, 0.1) is 23.3 Å². The van der Waals surface area contributed by atoms with Crippen molar-refractivity contribution in [2.45, 2.75) is 19.4 Å². The summed E-state index contributed by atoms with van der Waals surface area (Å²) in [5.41, 5.74) is 1.52. The average Bonchev–Trinajstić information content (AvgIpc) is 3.02. The van der Waals surface area contributed by atoms with Crippen LogP contribution in [-0.4, -0.2) is 77.6 Å². The highest BCUT2D eigenvalue weighted by molar-refractivity contribution is 7.91. The lowest BCUT2D eigenvalue weighted by molar-refractivity contribution is 0.0587. The molecular formula is C14H22N4O3S. The number of hydrogen-bond donors (Lipinski definition) is 0. The Balaban J connectivity index is 1.60. The van der Waals surface area contributed by atoms with Crippen LogP contribution in [0.1, 0.15) is 22.5 Å². The van der Waals surface area contributed by atoms with Crippen molar-refractivity contribution in [3.8, 4) is 0 Å². The van der Waals surface area contributed by atoms with Crippen molar-refractivity contribution in [1.29, 1.82) is 0 Å². The molecule has 0 aliphatic carbocycles. The van der Waals surface area contributed by atoms with Gasteiger partial charge < -0.3 is 4.90 Å². The molecule has 2 saturated heterocycles. The van der Waals surface area contributed by atoms with Crippen molar-refractivity contribution in [1.82, 2.24) is 19.6 Å². The van der Waals surface area contributed by atoms with Gasteiger partial charge in [0.1, 0.15) is 0 Å². The zero-order chi connectivity index (χ0) is 15.9. The van der Waals surface area contributed by atoms with E-state index in [1.54, 1.807) is 10.9 Å². The Kier molecular flexibility index (Phi) is 3.98. The highest BCUT2D eigenvalue weighted by Crippen LogP contribution is 2.20. The lowest BCUT2D eigenvalue weighted by atomic mass is 10.1. The highest BCUT2D eigenvalue weighted by Gasteiger charge is 2.34. The molecule has 22 heavy (non-hydrogen) atoms. The summed E-state index contributed by atoms with van der Waals surface area (Å²) in [7, 11) is -1.03. The molecule has 2 fully saturated rings. The Morgan fingerprint density at radius 3 is 2.45 bits per heavy atom. The molecule has 0 N–H and O–H groups in total. The number of amides is 1. The molecule has 0 spiro atoms. The summed E-state index contributed by atoms with van der Waals surface area (Å²) in [6, 6.07) is 0.127. The maximum Gasteiger partial charge on any atom is 0.257 e. The minimum atomic E-state index is -2.85. The molecule has 1 aromatic heterocycles. The number of aryl methyl sites for hydroxylation is 1. The van der Waals surface area contributed by atoms with Gasteiger partial charge in [-0.1, -0.05) is 0 Å². The Bertz CT molecular complexity index is 674. The zero-order valence-electron chi connectivity index (χ0n) is 13.0. The lowest BCUT2D eigenvalue weighted by Gasteiger charge is -2.37. The number of carbonyl (C=O) groups excluding carboxylic acids is 1. The molecule has 0 aromatic carbocycles. The monoisotopic (exact) mass is 326 g/mol. The van der Waals surface area contributed by atoms with E-state index in [0.29, 0.717) is 24.4 Å². The first-order chi connectivity index (χ1) is 10.4. The SMILES string of the molecule is Cc1c(C(=O)N2CCN([C@@H]3CCS(=O)(=O)C3)CC2)cnn1C. The molecule has 3 heterocycles. The second kappa shape index (κ2) is 5.66. The van der Waals surface area contributed by atoms with Gasteiger partial charge in [0.15, 0.2) is 9.84 Å². The third kappa shape index (κ3) is 2.89. The molecule has 0 bridgehead atoms. The third-order valence-corrected chi connectivity index (χ3v) is 6.54. The number of carbonyl (C=O) groups is 1. The van der Waals surface area contributed by atoms with Crippen molar-refractivity contribution >= 4 is 15.7 Å². The van der Waals surface area contributed by atoms with Crippen molar-refractivity contribution in [2.24, 2.45) is 7.05 Å². The molecule has 3 rings (SSSR count). The average molecular weight is 326 g/mol. The van der Waals surface area contributed by atoms with Crippen LogP contribution in [-0.2, 0) is 16.9 Å². The molecule has 0 unspecified atom stereocenters. The summed E-state index contributed by atoms with van der Waals surface area (Å²) in [6.45, 7) is 4.66. The van der Waals surface area contributed by atoms with Gasteiger partial charge in [-0.3, -0.25) is 14.4 Å². The van der Waals surface area contributed by atoms with Crippen molar-refractivity contribution in [3.63, 3.8) is 0 Å². The zero-order valence-corrected chi connectivity index (χ0v) is 13.8. The van der Waals surface area contributed by atoms with Gasteiger partial charge >= 0.3 is 0 Å². The Morgan fingerprint density at radius 1 is 1.27 bits per heavy atom. The number of rotatable bonds is 2. The molecule has 0 saturated carbocycles. The van der Waals surface area contributed by atoms with Crippen LogP contribution in [0.2, 0.25) is 0 Å². The maximum atomic E-state index is 12.5. The van der Waals surface area contributed by atoms with Gasteiger partial charge in [0.2, 0.25) is 0 Å². The summed E-state index contributed by atoms with van der Waals surface area (Å²) in [5.74, 6) is 0.582. The smallest absolute Gasteiger partial charge is 0.257 e. The van der Waals surface area contributed by atoms with Gasteiger partial charge in [0.25, 0.3) is 5.91 Å². The number of sulfone groups is 1. The van der Waals surface area contributed by atoms with Gasteiger partial charge in [-0.25, -0.2) is 8.42 Å². The fourth-order valence-electron chi connectivity index (χ4n) is 3.23. The van der Waals surface area contributed by atoms with E-state index in [9.17, 15) is 13.2 Å². The maximum absolute atomic E-state index is 12.5. The van der Waals surface area contributed by atoms with E-state index in [4.69, 9.17) is 0 Å². The van der Waals surface area contributed by atoms with Crippen LogP contribution in [0.5, 0.6) is 0 Å². The molecule has 1 atom stereocenters. The molecule has 8 heteroatoms. The van der Waals surface area contributed by atoms with Crippen LogP contribution in [0.4, 0.5) is 0 Å². The quantitative estimate of drug-likeness (QED) is 0.744. The van der Waals surface area contributed by atoms with Gasteiger partial charge in [-0.05, 0) is 13.3 Å². The van der Waals surface area contributed by atoms with Crippen molar-refractivity contribution in [3.05, 3.63) is 17.5 Å². The Labute approximate surface area is 130 Å². The van der Waals surface area contributed by atoms with Crippen LogP contribution < -0.4 is 0 Å². The van der Waals surface area contributed by atoms with Gasteiger partial charge in [-0.2, -0.15) is 5.10 Å². The summed E-state index contributed by atoms with van der Waals surface area (Å²) in [6.07, 6.45) is 2.34. The summed E-state index contributed by atoms with van der Waals surface area (Å²) in [5, 5.41) is 4.12. The van der Waals surface area contributed by atoms with E-state index in [-0.39, 0.29) is 17.7 Å². The first-order valence-electron chi connectivity index (χ1n) is 7.60. The summed E-state index contributed by atoms with van der Waals surface area (Å²) in [4.78, 5) is 16.6. The lowest BCUT2D eigenvalue weighted by Crippen LogP contribution is -2.52. The normalized spacial score (nSPS) is 25.5. The standard InChI is InChI=1S/C14H22N4O3S/c1-11-13(9-15-16(11)2)14(19)18-6-4-17(5-7-18)12-3-8-22(20,21)10-12/h9,12H,3-8,10H2,1-2H3/t12-/m1/s1. The summed E-state index contributed by atoms with van der Waals surface area (Å²) >= 11 is 0. The minimum absolute atomic E-state index is 0.0179. The molecule has 0 radical (unpaired) electrons. The van der Waals surface area contributed by atoms with Gasteiger partial charge in [0, 0.05) is 45.0 Å². The topological polar surface area (TPSA) is 75.5 Å². The van der Waals surface area contributed by atoms with E-state index in [0.717, 1.165) is 25.2 Å². The minimum Gasteiger partial charge on any atom is -0.336 e. The molecule has 2 aliphatic heterocycles. The number of piperazine rings is 1. The van der Waals surface area contributed by atoms with Crippen molar-refractivity contribution in [2.75, 3.05) is 37.7 Å². The van der Waals surface area contributed by atoms with E-state index < -0.39 is 9.84 Å². The molecule has 2 aliphatic rings. The van der Waals surface area contributed by atoms with Gasteiger partial charge in [-0.15, -0.1) is 0 Å². The van der Waals surface area contributed by atoms with Crippen molar-refractivity contribution < 1.29 is 13.2 Å². The second-order valence-electron chi connectivity index (χ2n) is 6.15.